The van der Waals surface area contributed by atoms with Gasteiger partial charge < -0.3 is 19.7 Å². The fraction of sp³-hybridized carbons (Fsp3) is 0.679. The molecule has 0 radical (unpaired) electrons. The number of aromatic nitrogens is 1. The van der Waals surface area contributed by atoms with E-state index in [-0.39, 0.29) is 24.9 Å². The first-order valence-electron chi connectivity index (χ1n) is 12.8. The van der Waals surface area contributed by atoms with Crippen LogP contribution in [0.25, 0.3) is 6.08 Å². The minimum atomic E-state index is -1.42. The number of hydrogen-bond donors (Lipinski definition) is 2. The number of aryl methyl sites for hydroxylation is 1. The zero-order valence-corrected chi connectivity index (χ0v) is 23.0. The van der Waals surface area contributed by atoms with Crippen molar-refractivity contribution < 1.29 is 33.7 Å². The maximum absolute atomic E-state index is 15.3. The van der Waals surface area contributed by atoms with Crippen LogP contribution in [-0.4, -0.2) is 57.0 Å². The van der Waals surface area contributed by atoms with E-state index in [9.17, 15) is 19.8 Å². The van der Waals surface area contributed by atoms with Crippen LogP contribution in [0.5, 0.6) is 0 Å². The highest BCUT2D eigenvalue weighted by molar-refractivity contribution is 7.09. The second-order valence-electron chi connectivity index (χ2n) is 11.1. The molecule has 2 aliphatic rings. The van der Waals surface area contributed by atoms with Gasteiger partial charge in [-0.05, 0) is 38.7 Å². The van der Waals surface area contributed by atoms with Gasteiger partial charge in [-0.1, -0.05) is 27.2 Å². The molecule has 7 atom stereocenters. The summed E-state index contributed by atoms with van der Waals surface area (Å²) in [5, 5.41) is 24.4. The maximum atomic E-state index is 15.3. The molecule has 1 aromatic rings. The van der Waals surface area contributed by atoms with E-state index in [1.807, 2.05) is 20.8 Å². The van der Waals surface area contributed by atoms with E-state index >= 15 is 4.39 Å². The van der Waals surface area contributed by atoms with Crippen molar-refractivity contribution in [2.45, 2.75) is 103 Å². The van der Waals surface area contributed by atoms with Gasteiger partial charge in [0.25, 0.3) is 0 Å². The van der Waals surface area contributed by atoms with Crippen LogP contribution in [0.1, 0.15) is 76.9 Å². The number of cyclic esters (lactones) is 1. The summed E-state index contributed by atoms with van der Waals surface area (Å²) >= 11 is 1.38. The number of ether oxygens (including phenoxy) is 2. The quantitative estimate of drug-likeness (QED) is 0.336. The number of aliphatic hydroxyl groups is 2. The predicted octanol–water partition coefficient (Wildman–Crippen LogP) is 4.39. The van der Waals surface area contributed by atoms with Crippen molar-refractivity contribution in [3.63, 3.8) is 0 Å². The van der Waals surface area contributed by atoms with Crippen LogP contribution in [-0.2, 0) is 19.1 Å². The minimum Gasteiger partial charge on any atom is -0.455 e. The van der Waals surface area contributed by atoms with Crippen LogP contribution >= 0.6 is 11.3 Å². The molecule has 0 spiro atoms. The van der Waals surface area contributed by atoms with Crippen molar-refractivity contribution in [1.29, 1.82) is 0 Å². The van der Waals surface area contributed by atoms with Crippen molar-refractivity contribution in [3.8, 4) is 12.3 Å². The third-order valence-electron chi connectivity index (χ3n) is 7.80. The Balaban J connectivity index is 1.89. The van der Waals surface area contributed by atoms with E-state index in [1.165, 1.54) is 31.3 Å². The fourth-order valence-electron chi connectivity index (χ4n) is 5.00. The summed E-state index contributed by atoms with van der Waals surface area (Å²) in [6.07, 6.45) is 4.46. The second-order valence-corrected chi connectivity index (χ2v) is 12.2. The highest BCUT2D eigenvalue weighted by Gasteiger charge is 2.53. The van der Waals surface area contributed by atoms with E-state index < -0.39 is 59.2 Å². The van der Waals surface area contributed by atoms with E-state index in [1.54, 1.807) is 5.38 Å². The number of hydrogen-bond acceptors (Lipinski definition) is 8. The average Bonchev–Trinajstić information content (AvgIpc) is 3.27. The molecule has 0 amide bonds. The third-order valence-corrected chi connectivity index (χ3v) is 8.59. The van der Waals surface area contributed by atoms with Gasteiger partial charge in [0, 0.05) is 18.2 Å². The fourth-order valence-corrected chi connectivity index (χ4v) is 5.57. The topological polar surface area (TPSA) is 109 Å². The standard InChI is InChI=1S/C28H38FNO6S/c1-7-9-19-25(33)16(2)10-8-11-28(6)23(36-28)13-21(20(29)12-18-15-37-17(3)30-18)35-24(32)14-22(31)27(4,5)26(19)34/h1,12,15-16,19,21-23,25,31,33H,8-11,13-14H2,2-6H3/b20-12-/t16-,19+,21-,22+,23?,25-,28?/m0/s1. The van der Waals surface area contributed by atoms with Crippen LogP contribution in [0.2, 0.25) is 0 Å². The Morgan fingerprint density at radius 1 is 1.35 bits per heavy atom. The monoisotopic (exact) mass is 535 g/mol. The lowest BCUT2D eigenvalue weighted by molar-refractivity contribution is -0.155. The zero-order chi connectivity index (χ0) is 27.5. The zero-order valence-electron chi connectivity index (χ0n) is 22.2. The molecule has 0 aliphatic carbocycles. The van der Waals surface area contributed by atoms with Gasteiger partial charge in [-0.25, -0.2) is 9.37 Å². The number of Topliss-reactive ketones (excluding diaryl/α,β-unsaturated/α-hetero) is 1. The summed E-state index contributed by atoms with van der Waals surface area (Å²) in [6, 6.07) is 0. The SMILES string of the molecule is C#CC[C@H]1C(=O)C(C)(C)[C@H](O)CC(=O)O[C@H](/C(F)=C/c2csc(C)n2)CC2OC2(C)CCC[C@H](C)[C@@H]1O. The molecule has 0 bridgehead atoms. The summed E-state index contributed by atoms with van der Waals surface area (Å²) in [5.41, 5.74) is -1.46. The predicted molar refractivity (Wildman–Crippen MR) is 139 cm³/mol. The molecular weight excluding hydrogens is 497 g/mol. The largest absolute Gasteiger partial charge is 0.455 e. The normalized spacial score (nSPS) is 35.8. The third kappa shape index (κ3) is 7.05. The second kappa shape index (κ2) is 11.7. The number of carbonyl (C=O) groups is 2. The lowest BCUT2D eigenvalue weighted by atomic mass is 9.71. The molecule has 9 heteroatoms. The summed E-state index contributed by atoms with van der Waals surface area (Å²) in [6.45, 7) is 8.65. The Bertz CT molecular complexity index is 1060. The highest BCUT2D eigenvalue weighted by atomic mass is 32.1. The van der Waals surface area contributed by atoms with Gasteiger partial charge in [0.05, 0.1) is 52.4 Å². The molecule has 2 unspecified atom stereocenters. The van der Waals surface area contributed by atoms with Crippen molar-refractivity contribution in [2.75, 3.05) is 0 Å². The average molecular weight is 536 g/mol. The van der Waals surface area contributed by atoms with E-state index in [2.05, 4.69) is 10.9 Å². The molecule has 1 aromatic heterocycles. The lowest BCUT2D eigenvalue weighted by Gasteiger charge is -2.35. The number of nitrogens with zero attached hydrogens (tertiary/aromatic N) is 1. The van der Waals surface area contributed by atoms with Crippen LogP contribution < -0.4 is 0 Å². The molecule has 0 aromatic carbocycles. The van der Waals surface area contributed by atoms with Gasteiger partial charge in [-0.3, -0.25) is 9.59 Å². The van der Waals surface area contributed by atoms with E-state index in [4.69, 9.17) is 15.9 Å². The Morgan fingerprint density at radius 2 is 2.05 bits per heavy atom. The molecule has 2 saturated heterocycles. The molecule has 3 heterocycles. The number of fused-ring (bicyclic) bond motifs is 1. The van der Waals surface area contributed by atoms with Gasteiger partial charge in [-0.15, -0.1) is 23.7 Å². The van der Waals surface area contributed by atoms with Crippen molar-refractivity contribution in [1.82, 2.24) is 4.98 Å². The molecule has 7 nitrogen and oxygen atoms in total. The molecule has 3 rings (SSSR count). The van der Waals surface area contributed by atoms with Crippen molar-refractivity contribution in [3.05, 3.63) is 21.9 Å². The van der Waals surface area contributed by atoms with Gasteiger partial charge in [0.2, 0.25) is 0 Å². The van der Waals surface area contributed by atoms with Gasteiger partial charge >= 0.3 is 5.97 Å². The van der Waals surface area contributed by atoms with Gasteiger partial charge in [0.15, 0.2) is 6.10 Å². The first kappa shape index (κ1) is 29.4. The Hall–Kier alpha value is -2.12. The van der Waals surface area contributed by atoms with Gasteiger partial charge in [0.1, 0.15) is 11.6 Å². The highest BCUT2D eigenvalue weighted by Crippen LogP contribution is 2.45. The Morgan fingerprint density at radius 3 is 2.68 bits per heavy atom. The summed E-state index contributed by atoms with van der Waals surface area (Å²) < 4.78 is 26.7. The number of carbonyl (C=O) groups excluding carboxylic acids is 2. The summed E-state index contributed by atoms with van der Waals surface area (Å²) in [4.78, 5) is 30.5. The van der Waals surface area contributed by atoms with Crippen LogP contribution in [0.3, 0.4) is 0 Å². The van der Waals surface area contributed by atoms with Crippen molar-refractivity contribution >= 4 is 29.2 Å². The number of epoxide rings is 1. The number of esters is 1. The smallest absolute Gasteiger partial charge is 0.309 e. The molecule has 2 fully saturated rings. The number of rotatable bonds is 3. The molecule has 2 aliphatic heterocycles. The Labute approximate surface area is 222 Å². The number of aliphatic hydroxyl groups excluding tert-OH is 2. The lowest BCUT2D eigenvalue weighted by Crippen LogP contribution is -2.46. The van der Waals surface area contributed by atoms with E-state index in [0.717, 1.165) is 11.4 Å². The maximum Gasteiger partial charge on any atom is 0.309 e. The number of ketones is 1. The molecular formula is C28H38FNO6S. The first-order chi connectivity index (χ1) is 17.3. The van der Waals surface area contributed by atoms with Crippen molar-refractivity contribution in [2.24, 2.45) is 17.3 Å². The molecule has 204 valence electrons. The van der Waals surface area contributed by atoms with Crippen LogP contribution in [0, 0.1) is 36.5 Å². The van der Waals surface area contributed by atoms with Crippen LogP contribution in [0.4, 0.5) is 4.39 Å². The number of halogens is 1. The summed E-state index contributed by atoms with van der Waals surface area (Å²) in [5.74, 6) is -0.557. The molecule has 2 N–H and O–H groups in total. The molecule has 0 saturated carbocycles. The Kier molecular flexibility index (Phi) is 9.33. The number of thiazole rings is 1. The van der Waals surface area contributed by atoms with Crippen LogP contribution in [0.15, 0.2) is 11.2 Å². The van der Waals surface area contributed by atoms with E-state index in [0.29, 0.717) is 18.5 Å². The van der Waals surface area contributed by atoms with Gasteiger partial charge in [-0.2, -0.15) is 0 Å². The first-order valence-corrected chi connectivity index (χ1v) is 13.7. The number of terminal acetylenes is 1. The minimum absolute atomic E-state index is 0.0159. The molecule has 37 heavy (non-hydrogen) atoms. The summed E-state index contributed by atoms with van der Waals surface area (Å²) in [7, 11) is 0.